The highest BCUT2D eigenvalue weighted by Gasteiger charge is 2.13. The van der Waals surface area contributed by atoms with Crippen LogP contribution in [0.4, 0.5) is 20.2 Å². The van der Waals surface area contributed by atoms with Crippen LogP contribution in [-0.2, 0) is 11.2 Å². The summed E-state index contributed by atoms with van der Waals surface area (Å²) in [6, 6.07) is 7.76. The van der Waals surface area contributed by atoms with Crippen LogP contribution in [0.3, 0.4) is 0 Å². The largest absolute Gasteiger partial charge is 0.397 e. The first-order valence-electron chi connectivity index (χ1n) is 5.75. The van der Waals surface area contributed by atoms with E-state index in [1.807, 2.05) is 0 Å². The first-order valence-corrected chi connectivity index (χ1v) is 6.13. The van der Waals surface area contributed by atoms with Crippen molar-refractivity contribution in [1.29, 1.82) is 0 Å². The Kier molecular flexibility index (Phi) is 4.20. The lowest BCUT2D eigenvalue weighted by Gasteiger charge is -2.09. The molecule has 0 saturated carbocycles. The van der Waals surface area contributed by atoms with E-state index in [1.165, 1.54) is 30.3 Å². The summed E-state index contributed by atoms with van der Waals surface area (Å²) in [6.45, 7) is 0. The number of nitrogens with two attached hydrogens (primary N) is 1. The van der Waals surface area contributed by atoms with E-state index in [-0.39, 0.29) is 28.4 Å². The van der Waals surface area contributed by atoms with E-state index in [9.17, 15) is 13.6 Å². The van der Waals surface area contributed by atoms with Crippen molar-refractivity contribution in [3.63, 3.8) is 0 Å². The van der Waals surface area contributed by atoms with Gasteiger partial charge < -0.3 is 11.1 Å². The molecule has 0 bridgehead atoms. The molecule has 0 aliphatic carbocycles. The average molecular weight is 297 g/mol. The Morgan fingerprint density at radius 3 is 2.70 bits per heavy atom. The third-order valence-electron chi connectivity index (χ3n) is 2.69. The molecule has 0 fully saturated rings. The molecule has 104 valence electrons. The molecule has 6 heteroatoms. The highest BCUT2D eigenvalue weighted by atomic mass is 35.5. The van der Waals surface area contributed by atoms with Crippen LogP contribution in [0.5, 0.6) is 0 Å². The molecule has 0 spiro atoms. The zero-order valence-corrected chi connectivity index (χ0v) is 11.0. The third kappa shape index (κ3) is 3.24. The number of halogens is 3. The summed E-state index contributed by atoms with van der Waals surface area (Å²) in [6.07, 6.45) is -0.262. The van der Waals surface area contributed by atoms with Gasteiger partial charge in [-0.25, -0.2) is 8.78 Å². The summed E-state index contributed by atoms with van der Waals surface area (Å²) in [5.41, 5.74) is 6.06. The van der Waals surface area contributed by atoms with Gasteiger partial charge in [0, 0.05) is 10.6 Å². The van der Waals surface area contributed by atoms with E-state index >= 15 is 0 Å². The molecule has 0 aliphatic heterocycles. The van der Waals surface area contributed by atoms with Crippen LogP contribution in [-0.4, -0.2) is 5.91 Å². The molecule has 0 unspecified atom stereocenters. The van der Waals surface area contributed by atoms with Gasteiger partial charge in [0.25, 0.3) is 0 Å². The van der Waals surface area contributed by atoms with Gasteiger partial charge in [-0.05, 0) is 30.3 Å². The van der Waals surface area contributed by atoms with Gasteiger partial charge in [0.1, 0.15) is 11.6 Å². The number of hydrogen-bond donors (Lipinski definition) is 2. The topological polar surface area (TPSA) is 55.1 Å². The average Bonchev–Trinajstić information content (AvgIpc) is 2.38. The van der Waals surface area contributed by atoms with Crippen molar-refractivity contribution in [2.45, 2.75) is 6.42 Å². The summed E-state index contributed by atoms with van der Waals surface area (Å²) < 4.78 is 26.6. The van der Waals surface area contributed by atoms with Crippen LogP contribution in [0.15, 0.2) is 36.4 Å². The van der Waals surface area contributed by atoms with Gasteiger partial charge in [-0.1, -0.05) is 17.7 Å². The molecule has 0 aliphatic rings. The standard InChI is InChI=1S/C14H11ClF2N2O/c15-10-2-1-3-11(17)9(10)7-14(20)19-13-6-8(16)4-5-12(13)18/h1-6H,7,18H2,(H,19,20). The quantitative estimate of drug-likeness (QED) is 0.853. The molecule has 2 aromatic rings. The third-order valence-corrected chi connectivity index (χ3v) is 3.04. The van der Waals surface area contributed by atoms with E-state index in [0.29, 0.717) is 0 Å². The molecule has 0 atom stereocenters. The first-order chi connectivity index (χ1) is 9.47. The summed E-state index contributed by atoms with van der Waals surface area (Å²) in [4.78, 5) is 11.8. The maximum Gasteiger partial charge on any atom is 0.229 e. The Balaban J connectivity index is 2.15. The summed E-state index contributed by atoms with van der Waals surface area (Å²) in [5, 5.41) is 2.58. The number of anilines is 2. The minimum Gasteiger partial charge on any atom is -0.397 e. The minimum atomic E-state index is -0.570. The lowest BCUT2D eigenvalue weighted by Crippen LogP contribution is -2.16. The lowest BCUT2D eigenvalue weighted by atomic mass is 10.1. The van der Waals surface area contributed by atoms with Crippen molar-refractivity contribution in [3.05, 3.63) is 58.6 Å². The molecule has 20 heavy (non-hydrogen) atoms. The van der Waals surface area contributed by atoms with E-state index in [2.05, 4.69) is 5.32 Å². The Morgan fingerprint density at radius 2 is 2.00 bits per heavy atom. The fraction of sp³-hybridized carbons (Fsp3) is 0.0714. The molecule has 0 heterocycles. The minimum absolute atomic E-state index is 0.0849. The van der Waals surface area contributed by atoms with Gasteiger partial charge in [0.2, 0.25) is 5.91 Å². The molecule has 0 radical (unpaired) electrons. The second kappa shape index (κ2) is 5.88. The molecule has 1 amide bonds. The van der Waals surface area contributed by atoms with Gasteiger partial charge in [-0.2, -0.15) is 0 Å². The fourth-order valence-electron chi connectivity index (χ4n) is 1.69. The zero-order chi connectivity index (χ0) is 14.7. The Hall–Kier alpha value is -2.14. The molecular weight excluding hydrogens is 286 g/mol. The van der Waals surface area contributed by atoms with Crippen molar-refractivity contribution in [2.75, 3.05) is 11.1 Å². The first kappa shape index (κ1) is 14.3. The number of carbonyl (C=O) groups is 1. The zero-order valence-electron chi connectivity index (χ0n) is 10.3. The molecule has 3 N–H and O–H groups in total. The molecular formula is C14H11ClF2N2O. The summed E-state index contributed by atoms with van der Waals surface area (Å²) in [5.74, 6) is -1.63. The van der Waals surface area contributed by atoms with Gasteiger partial charge in [-0.15, -0.1) is 0 Å². The lowest BCUT2D eigenvalue weighted by molar-refractivity contribution is -0.115. The van der Waals surface area contributed by atoms with E-state index < -0.39 is 17.5 Å². The number of carbonyl (C=O) groups excluding carboxylic acids is 1. The van der Waals surface area contributed by atoms with Crippen LogP contribution in [0.25, 0.3) is 0 Å². The number of hydrogen-bond acceptors (Lipinski definition) is 2. The van der Waals surface area contributed by atoms with Crippen LogP contribution in [0, 0.1) is 11.6 Å². The predicted molar refractivity (Wildman–Crippen MR) is 74.6 cm³/mol. The maximum atomic E-state index is 13.5. The van der Waals surface area contributed by atoms with Crippen LogP contribution >= 0.6 is 11.6 Å². The molecule has 0 saturated heterocycles. The molecule has 3 nitrogen and oxygen atoms in total. The van der Waals surface area contributed by atoms with Crippen molar-refractivity contribution in [3.8, 4) is 0 Å². The number of amides is 1. The second-order valence-electron chi connectivity index (χ2n) is 4.16. The van der Waals surface area contributed by atoms with Crippen LogP contribution < -0.4 is 11.1 Å². The van der Waals surface area contributed by atoms with Gasteiger partial charge in [-0.3, -0.25) is 4.79 Å². The monoisotopic (exact) mass is 296 g/mol. The summed E-state index contributed by atoms with van der Waals surface area (Å²) >= 11 is 5.83. The molecule has 2 rings (SSSR count). The van der Waals surface area contributed by atoms with Crippen molar-refractivity contribution < 1.29 is 13.6 Å². The van der Waals surface area contributed by atoms with Gasteiger partial charge in [0.05, 0.1) is 17.8 Å². The highest BCUT2D eigenvalue weighted by Crippen LogP contribution is 2.22. The van der Waals surface area contributed by atoms with Gasteiger partial charge >= 0.3 is 0 Å². The molecule has 2 aromatic carbocycles. The van der Waals surface area contributed by atoms with Crippen molar-refractivity contribution in [2.24, 2.45) is 0 Å². The number of rotatable bonds is 3. The maximum absolute atomic E-state index is 13.5. The normalized spacial score (nSPS) is 10.3. The second-order valence-corrected chi connectivity index (χ2v) is 4.56. The number of nitrogen functional groups attached to an aromatic ring is 1. The van der Waals surface area contributed by atoms with Crippen molar-refractivity contribution >= 4 is 28.9 Å². The molecule has 0 aromatic heterocycles. The van der Waals surface area contributed by atoms with E-state index in [0.717, 1.165) is 6.07 Å². The van der Waals surface area contributed by atoms with Crippen LogP contribution in [0.2, 0.25) is 5.02 Å². The Morgan fingerprint density at radius 1 is 1.25 bits per heavy atom. The van der Waals surface area contributed by atoms with Crippen LogP contribution in [0.1, 0.15) is 5.56 Å². The van der Waals surface area contributed by atoms with Gasteiger partial charge in [0.15, 0.2) is 0 Å². The SMILES string of the molecule is Nc1ccc(F)cc1NC(=O)Cc1c(F)cccc1Cl. The predicted octanol–water partition coefficient (Wildman–Crippen LogP) is 3.38. The number of benzene rings is 2. The Labute approximate surface area is 119 Å². The van der Waals surface area contributed by atoms with E-state index in [1.54, 1.807) is 0 Å². The number of nitrogens with one attached hydrogen (secondary N) is 1. The summed E-state index contributed by atoms with van der Waals surface area (Å²) in [7, 11) is 0. The Bertz CT molecular complexity index is 641. The van der Waals surface area contributed by atoms with Crippen molar-refractivity contribution in [1.82, 2.24) is 0 Å². The fourth-order valence-corrected chi connectivity index (χ4v) is 1.92. The highest BCUT2D eigenvalue weighted by molar-refractivity contribution is 6.31. The smallest absolute Gasteiger partial charge is 0.229 e. The van der Waals surface area contributed by atoms with E-state index in [4.69, 9.17) is 17.3 Å².